The number of benzene rings is 1. The highest BCUT2D eigenvalue weighted by atomic mass is 79.9. The van der Waals surface area contributed by atoms with Crippen molar-refractivity contribution >= 4 is 45.3 Å². The van der Waals surface area contributed by atoms with Crippen molar-refractivity contribution in [3.63, 3.8) is 0 Å². The summed E-state index contributed by atoms with van der Waals surface area (Å²) in [7, 11) is 0. The minimum absolute atomic E-state index is 0.0539. The maximum Gasteiger partial charge on any atom is 0.303 e. The van der Waals surface area contributed by atoms with Gasteiger partial charge in [0.05, 0.1) is 6.42 Å². The smallest absolute Gasteiger partial charge is 0.303 e. The number of carboxylic acid groups (broad SMARTS) is 1. The first kappa shape index (κ1) is 14.2. The van der Waals surface area contributed by atoms with E-state index < -0.39 is 5.97 Å². The molecule has 5 heteroatoms. The Labute approximate surface area is 124 Å². The van der Waals surface area contributed by atoms with E-state index in [1.807, 2.05) is 18.2 Å². The third kappa shape index (κ3) is 3.90. The molecule has 0 amide bonds. The Hall–Kier alpha value is -0.190. The Bertz CT molecular complexity index is 460. The van der Waals surface area contributed by atoms with Gasteiger partial charge in [-0.2, -0.15) is 11.8 Å². The lowest BCUT2D eigenvalue weighted by molar-refractivity contribution is -0.138. The molecule has 1 aromatic rings. The molecule has 1 aliphatic rings. The summed E-state index contributed by atoms with van der Waals surface area (Å²) in [6, 6.07) is 5.88. The molecule has 2 nitrogen and oxygen atoms in total. The first-order valence-corrected chi connectivity index (χ1v) is 8.07. The van der Waals surface area contributed by atoms with Crippen LogP contribution in [0.1, 0.15) is 24.8 Å². The predicted molar refractivity (Wildman–Crippen MR) is 79.2 cm³/mol. The minimum atomic E-state index is -0.685. The number of halogens is 2. The second kappa shape index (κ2) is 5.85. The number of hydrogen-bond donors (Lipinski definition) is 1. The molecule has 1 aliphatic carbocycles. The minimum Gasteiger partial charge on any atom is -0.481 e. The van der Waals surface area contributed by atoms with Gasteiger partial charge in [-0.05, 0) is 41.7 Å². The summed E-state index contributed by atoms with van der Waals surface area (Å²) in [5.74, 6) is 1.06. The first-order valence-electron chi connectivity index (χ1n) is 5.74. The van der Waals surface area contributed by atoms with Crippen LogP contribution in [0.4, 0.5) is 0 Å². The lowest BCUT2D eigenvalue weighted by atomic mass is 10.1. The second-order valence-electron chi connectivity index (χ2n) is 4.80. The van der Waals surface area contributed by atoms with Crippen LogP contribution >= 0.6 is 39.3 Å². The first-order chi connectivity index (χ1) is 8.51. The molecule has 0 bridgehead atoms. The monoisotopic (exact) mass is 348 g/mol. The van der Waals surface area contributed by atoms with E-state index in [1.165, 1.54) is 0 Å². The van der Waals surface area contributed by atoms with E-state index in [2.05, 4.69) is 15.9 Å². The molecule has 0 spiro atoms. The summed E-state index contributed by atoms with van der Waals surface area (Å²) in [4.78, 5) is 10.7. The fourth-order valence-corrected chi connectivity index (χ4v) is 4.10. The van der Waals surface area contributed by atoms with Crippen molar-refractivity contribution in [3.8, 4) is 0 Å². The van der Waals surface area contributed by atoms with Gasteiger partial charge in [0.25, 0.3) is 0 Å². The van der Waals surface area contributed by atoms with Crippen LogP contribution < -0.4 is 0 Å². The summed E-state index contributed by atoms with van der Waals surface area (Å²) >= 11 is 11.3. The zero-order valence-corrected chi connectivity index (χ0v) is 12.9. The molecule has 0 aromatic heterocycles. The van der Waals surface area contributed by atoms with E-state index in [4.69, 9.17) is 16.7 Å². The van der Waals surface area contributed by atoms with Crippen LogP contribution in [0, 0.1) is 5.41 Å². The number of thioether (sulfide) groups is 1. The number of rotatable bonds is 6. The Morgan fingerprint density at radius 2 is 2.22 bits per heavy atom. The van der Waals surface area contributed by atoms with Crippen LogP contribution in [0.15, 0.2) is 22.7 Å². The largest absolute Gasteiger partial charge is 0.481 e. The fraction of sp³-hybridized carbons (Fsp3) is 0.462. The van der Waals surface area contributed by atoms with Gasteiger partial charge in [-0.15, -0.1) is 0 Å². The quantitative estimate of drug-likeness (QED) is 0.816. The van der Waals surface area contributed by atoms with Gasteiger partial charge >= 0.3 is 5.97 Å². The summed E-state index contributed by atoms with van der Waals surface area (Å²) in [5, 5.41) is 9.61. The number of hydrogen-bond acceptors (Lipinski definition) is 2. The lowest BCUT2D eigenvalue weighted by Crippen LogP contribution is -2.11. The molecule has 1 fully saturated rings. The Morgan fingerprint density at radius 1 is 1.50 bits per heavy atom. The van der Waals surface area contributed by atoms with E-state index in [-0.39, 0.29) is 5.41 Å². The molecule has 0 radical (unpaired) electrons. The van der Waals surface area contributed by atoms with Crippen molar-refractivity contribution in [3.05, 3.63) is 33.3 Å². The van der Waals surface area contributed by atoms with Crippen molar-refractivity contribution in [2.75, 3.05) is 5.75 Å². The normalized spacial score (nSPS) is 16.6. The zero-order chi connectivity index (χ0) is 13.2. The van der Waals surface area contributed by atoms with Crippen LogP contribution in [-0.2, 0) is 10.5 Å². The van der Waals surface area contributed by atoms with E-state index >= 15 is 0 Å². The van der Waals surface area contributed by atoms with Crippen molar-refractivity contribution in [2.24, 2.45) is 5.41 Å². The van der Waals surface area contributed by atoms with Gasteiger partial charge in [-0.3, -0.25) is 4.79 Å². The molecule has 18 heavy (non-hydrogen) atoms. The number of aliphatic carboxylic acids is 1. The average Bonchev–Trinajstić information content (AvgIpc) is 3.00. The molecule has 0 unspecified atom stereocenters. The molecule has 0 heterocycles. The van der Waals surface area contributed by atoms with E-state index in [1.54, 1.807) is 11.8 Å². The van der Waals surface area contributed by atoms with E-state index in [0.29, 0.717) is 6.42 Å². The van der Waals surface area contributed by atoms with Crippen LogP contribution in [0.25, 0.3) is 0 Å². The highest BCUT2D eigenvalue weighted by molar-refractivity contribution is 9.10. The predicted octanol–water partition coefficient (Wildman–Crippen LogP) is 4.59. The Morgan fingerprint density at radius 3 is 2.78 bits per heavy atom. The topological polar surface area (TPSA) is 37.3 Å². The van der Waals surface area contributed by atoms with Gasteiger partial charge in [0.2, 0.25) is 0 Å². The number of carbonyl (C=O) groups is 1. The van der Waals surface area contributed by atoms with Gasteiger partial charge in [-0.25, -0.2) is 0 Å². The highest BCUT2D eigenvalue weighted by Crippen LogP contribution is 2.51. The molecule has 0 atom stereocenters. The second-order valence-corrected chi connectivity index (χ2v) is 7.11. The van der Waals surface area contributed by atoms with E-state index in [9.17, 15) is 4.79 Å². The summed E-state index contributed by atoms with van der Waals surface area (Å²) in [6.45, 7) is 0. The number of carboxylic acids is 1. The Balaban J connectivity index is 1.83. The van der Waals surface area contributed by atoms with Crippen LogP contribution in [0.2, 0.25) is 5.02 Å². The molecule has 1 N–H and O–H groups in total. The van der Waals surface area contributed by atoms with Gasteiger partial charge in [-0.1, -0.05) is 33.6 Å². The summed E-state index contributed by atoms with van der Waals surface area (Å²) in [5.41, 5.74) is 1.16. The third-order valence-electron chi connectivity index (χ3n) is 3.16. The molecule has 1 aromatic carbocycles. The third-order valence-corrected chi connectivity index (χ3v) is 5.34. The van der Waals surface area contributed by atoms with Crippen LogP contribution in [0.5, 0.6) is 0 Å². The van der Waals surface area contributed by atoms with Crippen LogP contribution in [-0.4, -0.2) is 16.8 Å². The molecule has 98 valence electrons. The summed E-state index contributed by atoms with van der Waals surface area (Å²) < 4.78 is 0.978. The maximum absolute atomic E-state index is 10.7. The molecule has 1 saturated carbocycles. The average molecular weight is 350 g/mol. The van der Waals surface area contributed by atoms with Crippen molar-refractivity contribution in [1.29, 1.82) is 0 Å². The van der Waals surface area contributed by atoms with Gasteiger partial charge < -0.3 is 5.11 Å². The maximum atomic E-state index is 10.7. The van der Waals surface area contributed by atoms with Crippen molar-refractivity contribution in [1.82, 2.24) is 0 Å². The SMILES string of the molecule is O=C(O)CC1(CSCc2ccc(Br)cc2Cl)CC1. The van der Waals surface area contributed by atoms with Crippen molar-refractivity contribution in [2.45, 2.75) is 25.0 Å². The summed E-state index contributed by atoms with van der Waals surface area (Å²) in [6.07, 6.45) is 2.38. The molecule has 0 saturated heterocycles. The Kier molecular flexibility index (Phi) is 4.62. The molecule has 0 aliphatic heterocycles. The molecular weight excluding hydrogens is 336 g/mol. The molecular formula is C13H14BrClO2S. The standard InChI is InChI=1S/C13H14BrClO2S/c14-10-2-1-9(11(15)5-10)7-18-8-13(3-4-13)6-12(16)17/h1-2,5H,3-4,6-8H2,(H,16,17). The molecule has 2 rings (SSSR count). The fourth-order valence-electron chi connectivity index (χ4n) is 1.89. The van der Waals surface area contributed by atoms with Crippen molar-refractivity contribution < 1.29 is 9.90 Å². The lowest BCUT2D eigenvalue weighted by Gasteiger charge is -2.12. The zero-order valence-electron chi connectivity index (χ0n) is 9.79. The van der Waals surface area contributed by atoms with E-state index in [0.717, 1.165) is 39.4 Å². The van der Waals surface area contributed by atoms with Gasteiger partial charge in [0.15, 0.2) is 0 Å². The van der Waals surface area contributed by atoms with Crippen LogP contribution in [0.3, 0.4) is 0 Å². The van der Waals surface area contributed by atoms with Gasteiger partial charge in [0.1, 0.15) is 0 Å². The highest BCUT2D eigenvalue weighted by Gasteiger charge is 2.43. The van der Waals surface area contributed by atoms with Gasteiger partial charge in [0, 0.05) is 15.2 Å².